The minimum absolute atomic E-state index is 0.309. The van der Waals surface area contributed by atoms with E-state index in [-0.39, 0.29) is 6.10 Å². The maximum atomic E-state index is 9.48. The van der Waals surface area contributed by atoms with Gasteiger partial charge in [-0.05, 0) is 43.2 Å². The van der Waals surface area contributed by atoms with E-state index in [9.17, 15) is 5.11 Å². The number of thioether (sulfide) groups is 1. The monoisotopic (exact) mass is 254 g/mol. The maximum Gasteiger partial charge on any atom is 0.0762 e. The summed E-state index contributed by atoms with van der Waals surface area (Å²) in [4.78, 5) is 1.23. The summed E-state index contributed by atoms with van der Waals surface area (Å²) >= 11 is 1.84. The first-order valence-corrected chi connectivity index (χ1v) is 7.24. The fraction of sp³-hybridized carbons (Fsp3) is 0.571. The summed E-state index contributed by atoms with van der Waals surface area (Å²) < 4.78 is 0. The largest absolute Gasteiger partial charge is 0.396 e. The standard InChI is InChI=1S/C14H22O2S/c1-12(16)13-7-6-8-14(11-13)17-10-5-3-2-4-9-15/h6-8,11-12,15-16H,2-5,9-10H2,1H3. The molecule has 1 rings (SSSR count). The second-order valence-corrected chi connectivity index (χ2v) is 5.40. The molecule has 0 amide bonds. The Labute approximate surface area is 108 Å². The Morgan fingerprint density at radius 3 is 2.65 bits per heavy atom. The quantitative estimate of drug-likeness (QED) is 0.552. The minimum atomic E-state index is -0.389. The van der Waals surface area contributed by atoms with Crippen molar-refractivity contribution in [3.8, 4) is 0 Å². The molecular formula is C14H22O2S. The van der Waals surface area contributed by atoms with Crippen molar-refractivity contribution in [2.75, 3.05) is 12.4 Å². The van der Waals surface area contributed by atoms with Crippen LogP contribution in [0.5, 0.6) is 0 Å². The van der Waals surface area contributed by atoms with E-state index in [4.69, 9.17) is 5.11 Å². The maximum absolute atomic E-state index is 9.48. The predicted molar refractivity (Wildman–Crippen MR) is 73.4 cm³/mol. The predicted octanol–water partition coefficient (Wildman–Crippen LogP) is 3.38. The van der Waals surface area contributed by atoms with E-state index in [0.717, 1.165) is 24.2 Å². The van der Waals surface area contributed by atoms with Crippen LogP contribution in [0.3, 0.4) is 0 Å². The third kappa shape index (κ3) is 6.10. The van der Waals surface area contributed by atoms with Gasteiger partial charge in [-0.2, -0.15) is 0 Å². The van der Waals surface area contributed by atoms with E-state index in [1.807, 2.05) is 23.9 Å². The van der Waals surface area contributed by atoms with Crippen LogP contribution in [0, 0.1) is 0 Å². The van der Waals surface area contributed by atoms with Crippen LogP contribution in [0.15, 0.2) is 29.2 Å². The second kappa shape index (κ2) is 8.56. The zero-order valence-corrected chi connectivity index (χ0v) is 11.2. The van der Waals surface area contributed by atoms with Crippen molar-refractivity contribution < 1.29 is 10.2 Å². The molecule has 0 aromatic heterocycles. The lowest BCUT2D eigenvalue weighted by atomic mass is 10.1. The molecule has 3 heteroatoms. The van der Waals surface area contributed by atoms with Crippen molar-refractivity contribution in [3.05, 3.63) is 29.8 Å². The highest BCUT2D eigenvalue weighted by molar-refractivity contribution is 7.99. The van der Waals surface area contributed by atoms with Crippen molar-refractivity contribution in [2.24, 2.45) is 0 Å². The Balaban J connectivity index is 2.24. The number of hydrogen-bond acceptors (Lipinski definition) is 3. The van der Waals surface area contributed by atoms with Crippen molar-refractivity contribution >= 4 is 11.8 Å². The van der Waals surface area contributed by atoms with Gasteiger partial charge >= 0.3 is 0 Å². The van der Waals surface area contributed by atoms with Crippen LogP contribution in [-0.4, -0.2) is 22.6 Å². The van der Waals surface area contributed by atoms with E-state index in [1.54, 1.807) is 6.92 Å². The molecule has 1 unspecified atom stereocenters. The molecule has 0 fully saturated rings. The van der Waals surface area contributed by atoms with Crippen LogP contribution in [0.2, 0.25) is 0 Å². The van der Waals surface area contributed by atoms with Gasteiger partial charge in [0.1, 0.15) is 0 Å². The summed E-state index contributed by atoms with van der Waals surface area (Å²) in [5, 5.41) is 18.1. The van der Waals surface area contributed by atoms with Gasteiger partial charge in [-0.15, -0.1) is 11.8 Å². The molecule has 0 spiro atoms. The lowest BCUT2D eigenvalue weighted by Crippen LogP contribution is -1.91. The molecule has 0 aliphatic carbocycles. The van der Waals surface area contributed by atoms with Crippen LogP contribution in [0.25, 0.3) is 0 Å². The summed E-state index contributed by atoms with van der Waals surface area (Å²) in [5.41, 5.74) is 0.982. The SMILES string of the molecule is CC(O)c1cccc(SCCCCCCO)c1. The molecule has 0 aliphatic rings. The van der Waals surface area contributed by atoms with Gasteiger partial charge in [-0.25, -0.2) is 0 Å². The van der Waals surface area contributed by atoms with E-state index in [2.05, 4.69) is 12.1 Å². The smallest absolute Gasteiger partial charge is 0.0762 e. The Hall–Kier alpha value is -0.510. The highest BCUT2D eigenvalue weighted by Gasteiger charge is 2.01. The Morgan fingerprint density at radius 1 is 1.18 bits per heavy atom. The molecule has 2 nitrogen and oxygen atoms in total. The average Bonchev–Trinajstić information content (AvgIpc) is 2.34. The van der Waals surface area contributed by atoms with Gasteiger partial charge in [0.25, 0.3) is 0 Å². The van der Waals surface area contributed by atoms with E-state index < -0.39 is 0 Å². The molecule has 0 heterocycles. The third-order valence-electron chi connectivity index (χ3n) is 2.66. The number of hydrogen-bond donors (Lipinski definition) is 2. The third-order valence-corrected chi connectivity index (χ3v) is 3.74. The van der Waals surface area contributed by atoms with Crippen LogP contribution in [0.1, 0.15) is 44.3 Å². The van der Waals surface area contributed by atoms with Crippen molar-refractivity contribution in [1.82, 2.24) is 0 Å². The number of rotatable bonds is 8. The van der Waals surface area contributed by atoms with Gasteiger partial charge in [-0.3, -0.25) is 0 Å². The summed E-state index contributed by atoms with van der Waals surface area (Å²) in [7, 11) is 0. The highest BCUT2D eigenvalue weighted by Crippen LogP contribution is 2.23. The van der Waals surface area contributed by atoms with Gasteiger partial charge in [0, 0.05) is 11.5 Å². The van der Waals surface area contributed by atoms with Gasteiger partial charge in [0.05, 0.1) is 6.10 Å². The van der Waals surface area contributed by atoms with E-state index >= 15 is 0 Å². The first-order valence-electron chi connectivity index (χ1n) is 6.25. The summed E-state index contributed by atoms with van der Waals surface area (Å²) in [5.74, 6) is 1.11. The van der Waals surface area contributed by atoms with E-state index in [0.29, 0.717) is 6.61 Å². The van der Waals surface area contributed by atoms with Gasteiger partial charge < -0.3 is 10.2 Å². The molecule has 0 bridgehead atoms. The lowest BCUT2D eigenvalue weighted by molar-refractivity contribution is 0.199. The van der Waals surface area contributed by atoms with Crippen molar-refractivity contribution in [1.29, 1.82) is 0 Å². The van der Waals surface area contributed by atoms with Crippen LogP contribution in [0.4, 0.5) is 0 Å². The Bertz CT molecular complexity index is 313. The number of benzene rings is 1. The van der Waals surface area contributed by atoms with Crippen molar-refractivity contribution in [3.63, 3.8) is 0 Å². The topological polar surface area (TPSA) is 40.5 Å². The Morgan fingerprint density at radius 2 is 1.94 bits per heavy atom. The van der Waals surface area contributed by atoms with Gasteiger partial charge in [0.2, 0.25) is 0 Å². The molecule has 96 valence electrons. The number of aliphatic hydroxyl groups excluding tert-OH is 2. The number of unbranched alkanes of at least 4 members (excludes halogenated alkanes) is 3. The first-order chi connectivity index (χ1) is 8.24. The molecule has 0 saturated heterocycles. The zero-order valence-electron chi connectivity index (χ0n) is 10.4. The van der Waals surface area contributed by atoms with Crippen LogP contribution >= 0.6 is 11.8 Å². The fourth-order valence-electron chi connectivity index (χ4n) is 1.62. The van der Waals surface area contributed by atoms with Crippen molar-refractivity contribution in [2.45, 2.75) is 43.6 Å². The Kier molecular flexibility index (Phi) is 7.33. The molecule has 0 radical (unpaired) electrons. The number of aliphatic hydroxyl groups is 2. The van der Waals surface area contributed by atoms with Gasteiger partial charge in [-0.1, -0.05) is 25.0 Å². The molecule has 0 aliphatic heterocycles. The second-order valence-electron chi connectivity index (χ2n) is 4.23. The lowest BCUT2D eigenvalue weighted by Gasteiger charge is -2.07. The first kappa shape index (κ1) is 14.6. The van der Waals surface area contributed by atoms with E-state index in [1.165, 1.54) is 17.7 Å². The van der Waals surface area contributed by atoms with Gasteiger partial charge in [0.15, 0.2) is 0 Å². The summed E-state index contributed by atoms with van der Waals surface area (Å²) in [6, 6.07) is 8.10. The summed E-state index contributed by atoms with van der Waals surface area (Å²) in [6.45, 7) is 2.10. The molecule has 1 atom stereocenters. The van der Waals surface area contributed by atoms with Crippen LogP contribution in [-0.2, 0) is 0 Å². The molecular weight excluding hydrogens is 232 g/mol. The van der Waals surface area contributed by atoms with Crippen LogP contribution < -0.4 is 0 Å². The normalized spacial score (nSPS) is 12.6. The highest BCUT2D eigenvalue weighted by atomic mass is 32.2. The molecule has 17 heavy (non-hydrogen) atoms. The molecule has 1 aromatic carbocycles. The fourth-order valence-corrected chi connectivity index (χ4v) is 2.60. The average molecular weight is 254 g/mol. The molecule has 0 saturated carbocycles. The summed E-state index contributed by atoms with van der Waals surface area (Å²) in [6.07, 6.45) is 4.01. The molecule has 1 aromatic rings. The zero-order chi connectivity index (χ0) is 12.5. The minimum Gasteiger partial charge on any atom is -0.396 e. The molecule has 2 N–H and O–H groups in total.